The van der Waals surface area contributed by atoms with Crippen molar-refractivity contribution in [2.24, 2.45) is 0 Å². The number of anilines is 2. The summed E-state index contributed by atoms with van der Waals surface area (Å²) in [5.41, 5.74) is 0.148. The van der Waals surface area contributed by atoms with Crippen LogP contribution in [0.4, 0.5) is 21.9 Å². The van der Waals surface area contributed by atoms with Gasteiger partial charge in [0.05, 0.1) is 23.4 Å². The Balaban J connectivity index is 2.43. The van der Waals surface area contributed by atoms with Gasteiger partial charge in [0.2, 0.25) is 6.04 Å². The van der Waals surface area contributed by atoms with Crippen LogP contribution >= 0.6 is 0 Å². The molecule has 0 spiro atoms. The number of hydrogen-bond acceptors (Lipinski definition) is 7. The molecule has 1 unspecified atom stereocenters. The number of hydrogen-bond donors (Lipinski definition) is 4. The monoisotopic (exact) mass is 324 g/mol. The molecule has 1 atom stereocenters. The number of amides is 2. The molecule has 2 amide bonds. The molecule has 0 saturated heterocycles. The summed E-state index contributed by atoms with van der Waals surface area (Å²) < 4.78 is 4.40. The van der Waals surface area contributed by atoms with Crippen LogP contribution in [0.2, 0.25) is 0 Å². The minimum Gasteiger partial charge on any atom is -0.479 e. The normalized spacial score (nSPS) is 15.7. The van der Waals surface area contributed by atoms with Crippen molar-refractivity contribution < 1.29 is 29.2 Å². The quantitative estimate of drug-likeness (QED) is 0.348. The van der Waals surface area contributed by atoms with E-state index in [0.717, 1.165) is 19.2 Å². The van der Waals surface area contributed by atoms with Gasteiger partial charge >= 0.3 is 12.1 Å². The Labute approximate surface area is 128 Å². The molecule has 1 aromatic rings. The summed E-state index contributed by atoms with van der Waals surface area (Å²) in [6.07, 6.45) is -0.764. The Hall–Kier alpha value is -3.37. The number of nitrogens with zero attached hydrogens (tertiary/aromatic N) is 1. The van der Waals surface area contributed by atoms with Gasteiger partial charge in [0.15, 0.2) is 0 Å². The van der Waals surface area contributed by atoms with E-state index in [1.807, 2.05) is 0 Å². The number of nitro groups is 1. The highest BCUT2D eigenvalue weighted by Crippen LogP contribution is 2.34. The average molecular weight is 324 g/mol. The van der Waals surface area contributed by atoms with Gasteiger partial charge in [0.1, 0.15) is 0 Å². The molecule has 11 nitrogen and oxygen atoms in total. The van der Waals surface area contributed by atoms with Gasteiger partial charge in [-0.1, -0.05) is 0 Å². The van der Waals surface area contributed by atoms with Crippen LogP contribution in [0.15, 0.2) is 12.1 Å². The SMILES string of the molecule is COC(=O)NCc1cc([N+](=O)[O-])cc2c1NC(C(=O)O)C(=O)N2. The number of ether oxygens (including phenoxy) is 1. The molecule has 0 fully saturated rings. The number of carboxylic acids is 1. The van der Waals surface area contributed by atoms with Crippen molar-refractivity contribution in [1.29, 1.82) is 0 Å². The molecule has 23 heavy (non-hydrogen) atoms. The molecule has 0 aliphatic carbocycles. The van der Waals surface area contributed by atoms with E-state index in [9.17, 15) is 24.5 Å². The number of aliphatic carboxylic acids is 1. The largest absolute Gasteiger partial charge is 0.479 e. The lowest BCUT2D eigenvalue weighted by molar-refractivity contribution is -0.384. The van der Waals surface area contributed by atoms with Gasteiger partial charge in [-0.3, -0.25) is 14.9 Å². The zero-order valence-corrected chi connectivity index (χ0v) is 11.8. The van der Waals surface area contributed by atoms with Crippen LogP contribution in [0.5, 0.6) is 0 Å². The summed E-state index contributed by atoms with van der Waals surface area (Å²) in [7, 11) is 1.15. The Bertz CT molecular complexity index is 703. The van der Waals surface area contributed by atoms with Gasteiger partial charge in [-0.15, -0.1) is 0 Å². The van der Waals surface area contributed by atoms with E-state index in [1.54, 1.807) is 0 Å². The lowest BCUT2D eigenvalue weighted by Gasteiger charge is -2.26. The minimum atomic E-state index is -1.54. The molecular weight excluding hydrogens is 312 g/mol. The van der Waals surface area contributed by atoms with Gasteiger partial charge in [0, 0.05) is 24.2 Å². The third-order valence-electron chi connectivity index (χ3n) is 3.08. The molecule has 4 N–H and O–H groups in total. The van der Waals surface area contributed by atoms with Crippen molar-refractivity contribution in [2.45, 2.75) is 12.6 Å². The second-order valence-electron chi connectivity index (χ2n) is 4.53. The van der Waals surface area contributed by atoms with E-state index >= 15 is 0 Å². The van der Waals surface area contributed by atoms with Crippen LogP contribution in [0.3, 0.4) is 0 Å². The molecule has 11 heteroatoms. The number of non-ortho nitro benzene ring substituents is 1. The number of carbonyl (C=O) groups excluding carboxylic acids is 2. The van der Waals surface area contributed by atoms with Crippen molar-refractivity contribution >= 4 is 35.0 Å². The molecule has 1 aromatic carbocycles. The van der Waals surface area contributed by atoms with Crippen molar-refractivity contribution in [3.8, 4) is 0 Å². The van der Waals surface area contributed by atoms with Crippen LogP contribution in [-0.2, 0) is 20.9 Å². The highest BCUT2D eigenvalue weighted by molar-refractivity contribution is 6.14. The van der Waals surface area contributed by atoms with Crippen molar-refractivity contribution in [2.75, 3.05) is 17.7 Å². The number of fused-ring (bicyclic) bond motifs is 1. The Morgan fingerprint density at radius 3 is 2.74 bits per heavy atom. The Morgan fingerprint density at radius 1 is 1.48 bits per heavy atom. The van der Waals surface area contributed by atoms with E-state index in [4.69, 9.17) is 5.11 Å². The molecule has 0 bridgehead atoms. The lowest BCUT2D eigenvalue weighted by Crippen LogP contribution is -2.45. The molecule has 2 rings (SSSR count). The Morgan fingerprint density at radius 2 is 2.17 bits per heavy atom. The molecule has 1 aliphatic heterocycles. The molecule has 1 aliphatic rings. The number of carboxylic acid groups (broad SMARTS) is 1. The second kappa shape index (κ2) is 6.17. The van der Waals surface area contributed by atoms with E-state index in [1.165, 1.54) is 0 Å². The van der Waals surface area contributed by atoms with Gasteiger partial charge in [-0.05, 0) is 0 Å². The number of nitro benzene ring substituents is 1. The summed E-state index contributed by atoms with van der Waals surface area (Å²) in [6.45, 7) is -0.161. The van der Waals surface area contributed by atoms with Crippen LogP contribution in [0.25, 0.3) is 0 Å². The first-order valence-electron chi connectivity index (χ1n) is 6.26. The number of methoxy groups -OCH3 is 1. The Kier molecular flexibility index (Phi) is 4.30. The molecule has 0 saturated carbocycles. The van der Waals surface area contributed by atoms with E-state index < -0.39 is 28.9 Å². The van der Waals surface area contributed by atoms with Gasteiger partial charge in [-0.25, -0.2) is 9.59 Å². The second-order valence-corrected chi connectivity index (χ2v) is 4.53. The predicted octanol–water partition coefficient (Wildman–Crippen LogP) is 0.268. The third-order valence-corrected chi connectivity index (χ3v) is 3.08. The lowest BCUT2D eigenvalue weighted by atomic mass is 10.0. The highest BCUT2D eigenvalue weighted by atomic mass is 16.6. The molecule has 0 radical (unpaired) electrons. The maximum Gasteiger partial charge on any atom is 0.407 e. The fourth-order valence-corrected chi connectivity index (χ4v) is 2.03. The third kappa shape index (κ3) is 3.28. The smallest absolute Gasteiger partial charge is 0.407 e. The standard InChI is InChI=1S/C12H12N4O7/c1-23-12(20)13-4-5-2-6(16(21)22)3-7-8(5)15-9(11(18)19)10(17)14-7/h2-3,9,15H,4H2,1H3,(H,13,20)(H,14,17)(H,18,19). The van der Waals surface area contributed by atoms with E-state index in [0.29, 0.717) is 0 Å². The molecular formula is C12H12N4O7. The number of carbonyl (C=O) groups is 3. The first-order chi connectivity index (χ1) is 10.8. The topological polar surface area (TPSA) is 160 Å². The van der Waals surface area contributed by atoms with Gasteiger partial charge < -0.3 is 25.8 Å². The first-order valence-corrected chi connectivity index (χ1v) is 6.26. The first kappa shape index (κ1) is 16.0. The van der Waals surface area contributed by atoms with Crippen LogP contribution in [-0.4, -0.2) is 41.2 Å². The zero-order chi connectivity index (χ0) is 17.1. The molecule has 122 valence electrons. The average Bonchev–Trinajstić information content (AvgIpc) is 2.50. The fraction of sp³-hybridized carbons (Fsp3) is 0.250. The van der Waals surface area contributed by atoms with Crippen LogP contribution in [0, 0.1) is 10.1 Å². The zero-order valence-electron chi connectivity index (χ0n) is 11.8. The number of benzene rings is 1. The minimum absolute atomic E-state index is 0.0587. The van der Waals surface area contributed by atoms with E-state index in [2.05, 4.69) is 20.7 Å². The summed E-state index contributed by atoms with van der Waals surface area (Å²) in [5.74, 6) is -2.25. The maximum absolute atomic E-state index is 11.7. The van der Waals surface area contributed by atoms with Crippen molar-refractivity contribution in [3.05, 3.63) is 27.8 Å². The van der Waals surface area contributed by atoms with Crippen LogP contribution in [0.1, 0.15) is 5.56 Å². The summed E-state index contributed by atoms with van der Waals surface area (Å²) in [4.78, 5) is 44.2. The molecule has 1 heterocycles. The number of nitrogens with one attached hydrogen (secondary N) is 3. The van der Waals surface area contributed by atoms with E-state index in [-0.39, 0.29) is 29.2 Å². The maximum atomic E-state index is 11.7. The van der Waals surface area contributed by atoms with Crippen LogP contribution < -0.4 is 16.0 Å². The predicted molar refractivity (Wildman–Crippen MR) is 76.0 cm³/mol. The highest BCUT2D eigenvalue weighted by Gasteiger charge is 2.33. The summed E-state index contributed by atoms with van der Waals surface area (Å²) in [5, 5.41) is 27.1. The summed E-state index contributed by atoms with van der Waals surface area (Å²) in [6, 6.07) is 0.721. The van der Waals surface area contributed by atoms with Crippen molar-refractivity contribution in [3.63, 3.8) is 0 Å². The summed E-state index contributed by atoms with van der Waals surface area (Å²) >= 11 is 0. The number of alkyl carbamates (subject to hydrolysis) is 1. The fourth-order valence-electron chi connectivity index (χ4n) is 2.03. The van der Waals surface area contributed by atoms with Crippen molar-refractivity contribution in [1.82, 2.24) is 5.32 Å². The van der Waals surface area contributed by atoms with Gasteiger partial charge in [0.25, 0.3) is 11.6 Å². The molecule has 0 aromatic heterocycles. The number of rotatable bonds is 4. The van der Waals surface area contributed by atoms with Gasteiger partial charge in [-0.2, -0.15) is 0 Å².